The van der Waals surface area contributed by atoms with Crippen molar-refractivity contribution in [3.05, 3.63) is 99.5 Å². The smallest absolute Gasteiger partial charge is 0.251 e. The van der Waals surface area contributed by atoms with E-state index >= 15 is 0 Å². The molecule has 3 rings (SSSR count). The molecule has 0 aromatic heterocycles. The van der Waals surface area contributed by atoms with Crippen LogP contribution in [-0.2, 0) is 22.3 Å². The van der Waals surface area contributed by atoms with Gasteiger partial charge >= 0.3 is 0 Å². The number of sulfonamides is 1. The van der Waals surface area contributed by atoms with Gasteiger partial charge in [0.25, 0.3) is 5.91 Å². The van der Waals surface area contributed by atoms with E-state index in [9.17, 15) is 13.2 Å². The lowest BCUT2D eigenvalue weighted by Crippen LogP contribution is -2.29. The fraction of sp³-hybridized carbons (Fsp3) is 0.208. The third-order valence-corrected chi connectivity index (χ3v) is 7.66. The first-order chi connectivity index (χ1) is 15.8. The van der Waals surface area contributed by atoms with Gasteiger partial charge in [-0.1, -0.05) is 59.6 Å². The summed E-state index contributed by atoms with van der Waals surface area (Å²) in [4.78, 5) is 12.4. The molecule has 3 aromatic rings. The molecule has 0 aliphatic rings. The van der Waals surface area contributed by atoms with Gasteiger partial charge in [-0.15, -0.1) is 0 Å². The number of hydrogen-bond acceptors (Lipinski definition) is 4. The van der Waals surface area contributed by atoms with Crippen LogP contribution >= 0.6 is 35.0 Å². The van der Waals surface area contributed by atoms with Crippen LogP contribution < -0.4 is 9.62 Å². The summed E-state index contributed by atoms with van der Waals surface area (Å²) in [5.41, 5.74) is 2.79. The molecule has 0 aliphatic heterocycles. The molecule has 9 heteroatoms. The SMILES string of the molecule is CS(=O)(=O)N(Cc1ccc(C(=O)NCCSCc2c(Cl)cccc2Cl)cc1)c1ccccc1. The van der Waals surface area contributed by atoms with E-state index in [2.05, 4.69) is 5.32 Å². The minimum atomic E-state index is -3.45. The molecule has 3 aromatic carbocycles. The van der Waals surface area contributed by atoms with E-state index in [0.29, 0.717) is 39.3 Å². The number of anilines is 1. The Hall–Kier alpha value is -2.19. The maximum atomic E-state index is 12.4. The van der Waals surface area contributed by atoms with Gasteiger partial charge in [-0.3, -0.25) is 9.10 Å². The largest absolute Gasteiger partial charge is 0.351 e. The minimum absolute atomic E-state index is 0.180. The summed E-state index contributed by atoms with van der Waals surface area (Å²) in [5.74, 6) is 1.20. The van der Waals surface area contributed by atoms with Gasteiger partial charge in [-0.25, -0.2) is 8.42 Å². The molecule has 0 saturated heterocycles. The molecule has 0 fully saturated rings. The fourth-order valence-corrected chi connectivity index (χ4v) is 5.59. The topological polar surface area (TPSA) is 66.5 Å². The molecular weight excluding hydrogens is 499 g/mol. The van der Waals surface area contributed by atoms with E-state index < -0.39 is 10.0 Å². The number of hydrogen-bond donors (Lipinski definition) is 1. The van der Waals surface area contributed by atoms with Gasteiger partial charge < -0.3 is 5.32 Å². The van der Waals surface area contributed by atoms with E-state index in [0.717, 1.165) is 11.1 Å². The van der Waals surface area contributed by atoms with Gasteiger partial charge in [0.15, 0.2) is 0 Å². The van der Waals surface area contributed by atoms with Crippen LogP contribution in [0.4, 0.5) is 5.69 Å². The van der Waals surface area contributed by atoms with Gasteiger partial charge in [-0.2, -0.15) is 11.8 Å². The average molecular weight is 524 g/mol. The second kappa shape index (κ2) is 11.8. The summed E-state index contributed by atoms with van der Waals surface area (Å²) in [7, 11) is -3.45. The molecule has 0 spiro atoms. The van der Waals surface area contributed by atoms with Crippen LogP contribution in [0.25, 0.3) is 0 Å². The highest BCUT2D eigenvalue weighted by molar-refractivity contribution is 7.98. The molecule has 0 bridgehead atoms. The number of nitrogens with one attached hydrogen (secondary N) is 1. The number of carbonyl (C=O) groups is 1. The monoisotopic (exact) mass is 522 g/mol. The Morgan fingerprint density at radius 2 is 1.58 bits per heavy atom. The molecule has 1 amide bonds. The predicted molar refractivity (Wildman–Crippen MR) is 139 cm³/mol. The number of amides is 1. The number of halogens is 2. The van der Waals surface area contributed by atoms with Crippen molar-refractivity contribution in [2.75, 3.05) is 22.9 Å². The molecule has 0 aliphatic carbocycles. The third kappa shape index (κ3) is 7.40. The quantitative estimate of drug-likeness (QED) is 0.350. The molecule has 174 valence electrons. The number of thioether (sulfide) groups is 1. The molecule has 0 unspecified atom stereocenters. The summed E-state index contributed by atoms with van der Waals surface area (Å²) in [6, 6.07) is 21.3. The average Bonchev–Trinajstić information content (AvgIpc) is 2.79. The maximum absolute atomic E-state index is 12.4. The third-order valence-electron chi connectivity index (χ3n) is 4.83. The zero-order valence-corrected chi connectivity index (χ0v) is 21.1. The van der Waals surface area contributed by atoms with Crippen molar-refractivity contribution >= 4 is 56.6 Å². The predicted octanol–water partition coefficient (Wildman–Crippen LogP) is 5.62. The summed E-state index contributed by atoms with van der Waals surface area (Å²) in [5, 5.41) is 4.17. The van der Waals surface area contributed by atoms with Gasteiger partial charge in [0.2, 0.25) is 10.0 Å². The zero-order chi connectivity index (χ0) is 23.8. The van der Waals surface area contributed by atoms with Crippen molar-refractivity contribution in [1.29, 1.82) is 0 Å². The van der Waals surface area contributed by atoms with Gasteiger partial charge in [0, 0.05) is 33.7 Å². The van der Waals surface area contributed by atoms with E-state index in [-0.39, 0.29) is 12.5 Å². The Kier molecular flexibility index (Phi) is 9.09. The number of carbonyl (C=O) groups excluding carboxylic acids is 1. The van der Waals surface area contributed by atoms with E-state index in [1.165, 1.54) is 10.6 Å². The minimum Gasteiger partial charge on any atom is -0.351 e. The normalized spacial score (nSPS) is 11.2. The standard InChI is InChI=1S/C24H24Cl2N2O3S2/c1-33(30,31)28(20-6-3-2-4-7-20)16-18-10-12-19(13-11-18)24(29)27-14-15-32-17-21-22(25)8-5-9-23(21)26/h2-13H,14-17H2,1H3,(H,27,29). The molecular formula is C24H24Cl2N2O3S2. The lowest BCUT2D eigenvalue weighted by atomic mass is 10.1. The molecule has 0 saturated carbocycles. The van der Waals surface area contributed by atoms with E-state index in [1.807, 2.05) is 24.3 Å². The molecule has 5 nitrogen and oxygen atoms in total. The number of para-hydroxylation sites is 1. The van der Waals surface area contributed by atoms with Crippen LogP contribution in [0.5, 0.6) is 0 Å². The van der Waals surface area contributed by atoms with E-state index in [1.54, 1.807) is 60.3 Å². The van der Waals surface area contributed by atoms with Crippen LogP contribution in [0.2, 0.25) is 10.0 Å². The lowest BCUT2D eigenvalue weighted by molar-refractivity contribution is 0.0956. The van der Waals surface area contributed by atoms with E-state index in [4.69, 9.17) is 23.2 Å². The van der Waals surface area contributed by atoms with Crippen molar-refractivity contribution in [2.24, 2.45) is 0 Å². The van der Waals surface area contributed by atoms with Crippen LogP contribution in [0.15, 0.2) is 72.8 Å². The maximum Gasteiger partial charge on any atom is 0.251 e. The van der Waals surface area contributed by atoms with Crippen molar-refractivity contribution < 1.29 is 13.2 Å². The Labute approximate surface area is 209 Å². The summed E-state index contributed by atoms with van der Waals surface area (Å²) in [6.45, 7) is 0.690. The number of benzene rings is 3. The Morgan fingerprint density at radius 3 is 2.18 bits per heavy atom. The first kappa shape index (κ1) is 25.4. The zero-order valence-electron chi connectivity index (χ0n) is 18.0. The molecule has 33 heavy (non-hydrogen) atoms. The summed E-state index contributed by atoms with van der Waals surface area (Å²) < 4.78 is 25.8. The Balaban J connectivity index is 1.51. The van der Waals surface area contributed by atoms with Crippen molar-refractivity contribution in [3.63, 3.8) is 0 Å². The van der Waals surface area contributed by atoms with Crippen LogP contribution in [0.3, 0.4) is 0 Å². The highest BCUT2D eigenvalue weighted by Crippen LogP contribution is 2.28. The molecule has 0 atom stereocenters. The molecule has 0 heterocycles. The van der Waals surface area contributed by atoms with Crippen molar-refractivity contribution in [3.8, 4) is 0 Å². The molecule has 1 N–H and O–H groups in total. The van der Waals surface area contributed by atoms with Crippen molar-refractivity contribution in [1.82, 2.24) is 5.32 Å². The van der Waals surface area contributed by atoms with Crippen LogP contribution in [-0.4, -0.2) is 32.9 Å². The Bertz CT molecular complexity index is 1170. The van der Waals surface area contributed by atoms with Gasteiger partial charge in [0.05, 0.1) is 18.5 Å². The molecule has 0 radical (unpaired) electrons. The summed E-state index contributed by atoms with van der Waals surface area (Å²) in [6.07, 6.45) is 1.18. The van der Waals surface area contributed by atoms with Gasteiger partial charge in [0.1, 0.15) is 0 Å². The van der Waals surface area contributed by atoms with Gasteiger partial charge in [-0.05, 0) is 47.5 Å². The first-order valence-corrected chi connectivity index (χ1v) is 13.9. The van der Waals surface area contributed by atoms with Crippen molar-refractivity contribution in [2.45, 2.75) is 12.3 Å². The van der Waals surface area contributed by atoms with Crippen LogP contribution in [0.1, 0.15) is 21.5 Å². The number of rotatable bonds is 10. The lowest BCUT2D eigenvalue weighted by Gasteiger charge is -2.22. The second-order valence-corrected chi connectivity index (χ2v) is 11.1. The highest BCUT2D eigenvalue weighted by atomic mass is 35.5. The first-order valence-electron chi connectivity index (χ1n) is 10.2. The summed E-state index contributed by atoms with van der Waals surface area (Å²) >= 11 is 14.0. The van der Waals surface area contributed by atoms with Crippen LogP contribution in [0, 0.1) is 0 Å². The highest BCUT2D eigenvalue weighted by Gasteiger charge is 2.17. The second-order valence-electron chi connectivity index (χ2n) is 7.31. The number of nitrogens with zero attached hydrogens (tertiary/aromatic N) is 1. The fourth-order valence-electron chi connectivity index (χ4n) is 3.10. The Morgan fingerprint density at radius 1 is 0.939 bits per heavy atom.